The maximum Gasteiger partial charge on any atom is -0.00206 e. The Morgan fingerprint density at radius 2 is 1.41 bits per heavy atom. The van der Waals surface area contributed by atoms with Crippen molar-refractivity contribution in [3.05, 3.63) is 84.9 Å². The summed E-state index contributed by atoms with van der Waals surface area (Å²) < 4.78 is 0. The van der Waals surface area contributed by atoms with Crippen LogP contribution in [0, 0.1) is 6.07 Å². The van der Waals surface area contributed by atoms with E-state index >= 15 is 0 Å². The van der Waals surface area contributed by atoms with Crippen LogP contribution in [-0.4, -0.2) is 0 Å². The molecule has 101 valence electrons. The molecule has 5 aromatic rings. The van der Waals surface area contributed by atoms with Gasteiger partial charge in [0.2, 0.25) is 0 Å². The zero-order valence-electron chi connectivity index (χ0n) is 12.0. The van der Waals surface area contributed by atoms with Crippen molar-refractivity contribution in [2.45, 2.75) is 0 Å². The second-order valence-electron chi connectivity index (χ2n) is 5.76. The Morgan fingerprint density at radius 3 is 2.23 bits per heavy atom. The van der Waals surface area contributed by atoms with Gasteiger partial charge in [0.25, 0.3) is 0 Å². The van der Waals surface area contributed by atoms with Gasteiger partial charge in [0.15, 0.2) is 0 Å². The summed E-state index contributed by atoms with van der Waals surface area (Å²) in [5.41, 5.74) is 2.51. The molecule has 0 fully saturated rings. The van der Waals surface area contributed by atoms with Crippen LogP contribution in [0.1, 0.15) is 0 Å². The van der Waals surface area contributed by atoms with Gasteiger partial charge >= 0.3 is 0 Å². The van der Waals surface area contributed by atoms with Crippen LogP contribution >= 0.6 is 0 Å². The average molecular weight is 277 g/mol. The normalized spacial score (nSPS) is 11.6. The summed E-state index contributed by atoms with van der Waals surface area (Å²) in [6, 6.07) is 31.3. The summed E-state index contributed by atoms with van der Waals surface area (Å²) in [5, 5.41) is 7.99. The molecule has 0 atom stereocenters. The third-order valence-electron chi connectivity index (χ3n) is 4.53. The van der Waals surface area contributed by atoms with Crippen LogP contribution in [-0.2, 0) is 0 Å². The average Bonchev–Trinajstić information content (AvgIpc) is 2.60. The molecular weight excluding hydrogens is 264 g/mol. The number of benzene rings is 5. The highest BCUT2D eigenvalue weighted by molar-refractivity contribution is 6.26. The van der Waals surface area contributed by atoms with E-state index in [4.69, 9.17) is 0 Å². The Kier molecular flexibility index (Phi) is 2.31. The first-order valence-electron chi connectivity index (χ1n) is 7.55. The standard InChI is InChI=1S/C22H13/c1-2-6-15(7-3-1)20-14-18-10-4-8-16-12-13-17-9-5-11-19(20)22(17)21(16)18/h1-2,4-14H. The monoisotopic (exact) mass is 277 g/mol. The van der Waals surface area contributed by atoms with Crippen molar-refractivity contribution in [2.24, 2.45) is 0 Å². The molecule has 0 aliphatic rings. The lowest BCUT2D eigenvalue weighted by molar-refractivity contribution is 1.66. The van der Waals surface area contributed by atoms with E-state index in [1.165, 1.54) is 43.4 Å². The fourth-order valence-corrected chi connectivity index (χ4v) is 3.56. The Labute approximate surface area is 129 Å². The van der Waals surface area contributed by atoms with Crippen LogP contribution < -0.4 is 0 Å². The maximum absolute atomic E-state index is 3.20. The molecule has 0 bridgehead atoms. The fourth-order valence-electron chi connectivity index (χ4n) is 3.56. The fraction of sp³-hybridized carbons (Fsp3) is 0. The SMILES string of the molecule is [c]1cccc(-c2cc3cccc4ccc5cccc2c5c43)c1. The summed E-state index contributed by atoms with van der Waals surface area (Å²) >= 11 is 0. The van der Waals surface area contributed by atoms with Crippen LogP contribution in [0.4, 0.5) is 0 Å². The summed E-state index contributed by atoms with van der Waals surface area (Å²) in [4.78, 5) is 0. The van der Waals surface area contributed by atoms with Gasteiger partial charge in [-0.2, -0.15) is 0 Å². The molecule has 0 saturated heterocycles. The van der Waals surface area contributed by atoms with Crippen molar-refractivity contribution >= 4 is 32.3 Å². The molecule has 5 rings (SSSR count). The molecule has 0 spiro atoms. The predicted octanol–water partition coefficient (Wildman–Crippen LogP) is 6.05. The van der Waals surface area contributed by atoms with Crippen molar-refractivity contribution < 1.29 is 0 Å². The molecule has 0 amide bonds. The lowest BCUT2D eigenvalue weighted by atomic mass is 9.89. The summed E-state index contributed by atoms with van der Waals surface area (Å²) in [7, 11) is 0. The molecular formula is C22H13. The van der Waals surface area contributed by atoms with E-state index in [1.54, 1.807) is 0 Å². The molecule has 0 N–H and O–H groups in total. The first kappa shape index (κ1) is 11.8. The molecule has 22 heavy (non-hydrogen) atoms. The Morgan fingerprint density at radius 1 is 0.636 bits per heavy atom. The van der Waals surface area contributed by atoms with Crippen molar-refractivity contribution in [3.63, 3.8) is 0 Å². The first-order chi connectivity index (χ1) is 10.9. The van der Waals surface area contributed by atoms with Gasteiger partial charge in [0, 0.05) is 0 Å². The lowest BCUT2D eigenvalue weighted by Gasteiger charge is -2.14. The van der Waals surface area contributed by atoms with Crippen molar-refractivity contribution in [2.75, 3.05) is 0 Å². The number of hydrogen-bond acceptors (Lipinski definition) is 0. The second kappa shape index (κ2) is 4.32. The van der Waals surface area contributed by atoms with E-state index in [-0.39, 0.29) is 0 Å². The summed E-state index contributed by atoms with van der Waals surface area (Å²) in [6.45, 7) is 0. The second-order valence-corrected chi connectivity index (χ2v) is 5.76. The van der Waals surface area contributed by atoms with Gasteiger partial charge in [-0.1, -0.05) is 66.7 Å². The minimum Gasteiger partial charge on any atom is -0.0610 e. The Balaban J connectivity index is 2.07. The van der Waals surface area contributed by atoms with Crippen molar-refractivity contribution in [1.29, 1.82) is 0 Å². The first-order valence-corrected chi connectivity index (χ1v) is 7.55. The predicted molar refractivity (Wildman–Crippen MR) is 94.4 cm³/mol. The van der Waals surface area contributed by atoms with Gasteiger partial charge in [-0.25, -0.2) is 0 Å². The highest BCUT2D eigenvalue weighted by Crippen LogP contribution is 2.39. The number of hydrogen-bond donors (Lipinski definition) is 0. The quantitative estimate of drug-likeness (QED) is 0.327. The highest BCUT2D eigenvalue weighted by Gasteiger charge is 2.12. The zero-order valence-corrected chi connectivity index (χ0v) is 12.0. The van der Waals surface area contributed by atoms with Gasteiger partial charge in [-0.15, -0.1) is 0 Å². The topological polar surface area (TPSA) is 0 Å². The molecule has 1 radical (unpaired) electrons. The van der Waals surface area contributed by atoms with E-state index in [9.17, 15) is 0 Å². The molecule has 0 aliphatic carbocycles. The zero-order chi connectivity index (χ0) is 14.5. The van der Waals surface area contributed by atoms with Crippen LogP contribution in [0.25, 0.3) is 43.4 Å². The Hall–Kier alpha value is -2.86. The molecule has 0 heterocycles. The molecule has 0 nitrogen and oxygen atoms in total. The van der Waals surface area contributed by atoms with E-state index < -0.39 is 0 Å². The van der Waals surface area contributed by atoms with E-state index in [0.717, 1.165) is 0 Å². The van der Waals surface area contributed by atoms with E-state index in [1.807, 2.05) is 6.07 Å². The smallest absolute Gasteiger partial charge is 0.00206 e. The van der Waals surface area contributed by atoms with Crippen molar-refractivity contribution in [1.82, 2.24) is 0 Å². The highest BCUT2D eigenvalue weighted by atomic mass is 14.1. The minimum atomic E-state index is 1.22. The van der Waals surface area contributed by atoms with Crippen LogP contribution in [0.15, 0.2) is 78.9 Å². The molecule has 5 aromatic carbocycles. The maximum atomic E-state index is 3.20. The van der Waals surface area contributed by atoms with E-state index in [2.05, 4.69) is 78.9 Å². The molecule has 0 aliphatic heterocycles. The molecule has 0 unspecified atom stereocenters. The third kappa shape index (κ3) is 1.52. The Bertz CT molecular complexity index is 1100. The molecule has 0 heteroatoms. The summed E-state index contributed by atoms with van der Waals surface area (Å²) in [6.07, 6.45) is 0. The summed E-state index contributed by atoms with van der Waals surface area (Å²) in [5.74, 6) is 0. The lowest BCUT2D eigenvalue weighted by Crippen LogP contribution is -1.87. The van der Waals surface area contributed by atoms with Gasteiger partial charge in [-0.3, -0.25) is 0 Å². The van der Waals surface area contributed by atoms with Gasteiger partial charge in [0.1, 0.15) is 0 Å². The number of rotatable bonds is 1. The van der Waals surface area contributed by atoms with Crippen molar-refractivity contribution in [3.8, 4) is 11.1 Å². The largest absolute Gasteiger partial charge is 0.0610 e. The van der Waals surface area contributed by atoms with Gasteiger partial charge in [-0.05, 0) is 61.6 Å². The van der Waals surface area contributed by atoms with E-state index in [0.29, 0.717) is 0 Å². The third-order valence-corrected chi connectivity index (χ3v) is 4.53. The van der Waals surface area contributed by atoms with Crippen LogP contribution in [0.5, 0.6) is 0 Å². The van der Waals surface area contributed by atoms with Gasteiger partial charge < -0.3 is 0 Å². The van der Waals surface area contributed by atoms with Crippen LogP contribution in [0.3, 0.4) is 0 Å². The molecule has 0 saturated carbocycles. The molecule has 0 aromatic heterocycles. The minimum absolute atomic E-state index is 1.22. The van der Waals surface area contributed by atoms with Crippen LogP contribution in [0.2, 0.25) is 0 Å². The van der Waals surface area contributed by atoms with Gasteiger partial charge in [0.05, 0.1) is 0 Å².